The first-order valence-corrected chi connectivity index (χ1v) is 5.57. The number of halogens is 1. The second kappa shape index (κ2) is 2.82. The third-order valence-corrected chi connectivity index (χ3v) is 4.02. The van der Waals surface area contributed by atoms with Gasteiger partial charge in [-0.2, -0.15) is 0 Å². The molecule has 0 heterocycles. The Kier molecular flexibility index (Phi) is 1.70. The van der Waals surface area contributed by atoms with Crippen LogP contribution in [0.4, 0.5) is 4.39 Å². The molecule has 14 heavy (non-hydrogen) atoms. The summed E-state index contributed by atoms with van der Waals surface area (Å²) in [6.07, 6.45) is 6.77. The lowest BCUT2D eigenvalue weighted by atomic mass is 9.61. The van der Waals surface area contributed by atoms with Crippen LogP contribution in [-0.4, -0.2) is 0 Å². The summed E-state index contributed by atoms with van der Waals surface area (Å²) in [6, 6.07) is 7.20. The van der Waals surface area contributed by atoms with Crippen LogP contribution in [0, 0.1) is 11.7 Å². The zero-order chi connectivity index (χ0) is 9.60. The van der Waals surface area contributed by atoms with Crippen molar-refractivity contribution >= 4 is 0 Å². The van der Waals surface area contributed by atoms with E-state index in [-0.39, 0.29) is 5.82 Å². The summed E-state index contributed by atoms with van der Waals surface area (Å²) in [4.78, 5) is 0. The van der Waals surface area contributed by atoms with Crippen molar-refractivity contribution in [2.24, 2.45) is 5.92 Å². The first-order valence-electron chi connectivity index (χ1n) is 5.57. The maximum atomic E-state index is 12.8. The van der Waals surface area contributed by atoms with Crippen LogP contribution in [0.25, 0.3) is 0 Å². The molecule has 0 bridgehead atoms. The Bertz CT molecular complexity index is 331. The Morgan fingerprint density at radius 1 is 1.07 bits per heavy atom. The molecular formula is C13H15F. The number of rotatable bonds is 2. The van der Waals surface area contributed by atoms with E-state index in [0.29, 0.717) is 5.41 Å². The molecule has 0 aliphatic heterocycles. The molecule has 1 heteroatoms. The van der Waals surface area contributed by atoms with Crippen molar-refractivity contribution in [3.8, 4) is 0 Å². The lowest BCUT2D eigenvalue weighted by Gasteiger charge is -2.43. The van der Waals surface area contributed by atoms with Gasteiger partial charge in [0.15, 0.2) is 0 Å². The standard InChI is InChI=1S/C13H15F/c14-12-6-4-11(5-7-12)13(8-1-9-13)10-2-3-10/h4-7,10H,1-3,8-9H2. The largest absolute Gasteiger partial charge is 0.207 e. The lowest BCUT2D eigenvalue weighted by Crippen LogP contribution is -2.36. The fourth-order valence-corrected chi connectivity index (χ4v) is 2.91. The lowest BCUT2D eigenvalue weighted by molar-refractivity contribution is 0.207. The van der Waals surface area contributed by atoms with Crippen LogP contribution in [0.1, 0.15) is 37.7 Å². The van der Waals surface area contributed by atoms with Crippen molar-refractivity contribution in [1.82, 2.24) is 0 Å². The highest BCUT2D eigenvalue weighted by molar-refractivity contribution is 5.31. The summed E-state index contributed by atoms with van der Waals surface area (Å²) >= 11 is 0. The van der Waals surface area contributed by atoms with Gasteiger partial charge in [-0.3, -0.25) is 0 Å². The minimum Gasteiger partial charge on any atom is -0.207 e. The van der Waals surface area contributed by atoms with Gasteiger partial charge in [-0.1, -0.05) is 18.6 Å². The summed E-state index contributed by atoms with van der Waals surface area (Å²) < 4.78 is 12.8. The van der Waals surface area contributed by atoms with Gasteiger partial charge in [-0.05, 0) is 54.7 Å². The second-order valence-corrected chi connectivity index (χ2v) is 4.79. The van der Waals surface area contributed by atoms with Crippen LogP contribution in [0.5, 0.6) is 0 Å². The van der Waals surface area contributed by atoms with Gasteiger partial charge in [0.25, 0.3) is 0 Å². The zero-order valence-electron chi connectivity index (χ0n) is 8.30. The molecule has 0 nitrogen and oxygen atoms in total. The van der Waals surface area contributed by atoms with Gasteiger partial charge in [0, 0.05) is 0 Å². The monoisotopic (exact) mass is 190 g/mol. The number of hydrogen-bond acceptors (Lipinski definition) is 0. The molecule has 3 rings (SSSR count). The maximum Gasteiger partial charge on any atom is 0.123 e. The highest BCUT2D eigenvalue weighted by Gasteiger charge is 2.49. The van der Waals surface area contributed by atoms with Crippen LogP contribution in [0.3, 0.4) is 0 Å². The number of hydrogen-bond donors (Lipinski definition) is 0. The van der Waals surface area contributed by atoms with Gasteiger partial charge in [-0.25, -0.2) is 4.39 Å². The topological polar surface area (TPSA) is 0 Å². The van der Waals surface area contributed by atoms with Crippen LogP contribution < -0.4 is 0 Å². The molecule has 0 unspecified atom stereocenters. The molecule has 0 saturated heterocycles. The van der Waals surface area contributed by atoms with Gasteiger partial charge >= 0.3 is 0 Å². The molecule has 0 radical (unpaired) electrons. The molecule has 0 N–H and O–H groups in total. The molecule has 0 spiro atoms. The zero-order valence-corrected chi connectivity index (χ0v) is 8.30. The highest BCUT2D eigenvalue weighted by Crippen LogP contribution is 2.58. The Morgan fingerprint density at radius 3 is 2.14 bits per heavy atom. The van der Waals surface area contributed by atoms with Gasteiger partial charge < -0.3 is 0 Å². The van der Waals surface area contributed by atoms with Crippen molar-refractivity contribution in [3.63, 3.8) is 0 Å². The Morgan fingerprint density at radius 2 is 1.71 bits per heavy atom. The van der Waals surface area contributed by atoms with Crippen molar-refractivity contribution in [2.75, 3.05) is 0 Å². The predicted molar refractivity (Wildman–Crippen MR) is 54.7 cm³/mol. The smallest absolute Gasteiger partial charge is 0.123 e. The van der Waals surface area contributed by atoms with E-state index in [0.717, 1.165) is 5.92 Å². The second-order valence-electron chi connectivity index (χ2n) is 4.79. The average Bonchev–Trinajstić information content (AvgIpc) is 2.90. The fraction of sp³-hybridized carbons (Fsp3) is 0.538. The van der Waals surface area contributed by atoms with Crippen molar-refractivity contribution in [1.29, 1.82) is 0 Å². The summed E-state index contributed by atoms with van der Waals surface area (Å²) in [6.45, 7) is 0. The molecule has 1 aromatic carbocycles. The van der Waals surface area contributed by atoms with Crippen LogP contribution in [0.15, 0.2) is 24.3 Å². The summed E-state index contributed by atoms with van der Waals surface area (Å²) in [5.74, 6) is 0.792. The van der Waals surface area contributed by atoms with E-state index in [9.17, 15) is 4.39 Å². The van der Waals surface area contributed by atoms with E-state index >= 15 is 0 Å². The summed E-state index contributed by atoms with van der Waals surface area (Å²) in [5.41, 5.74) is 1.83. The van der Waals surface area contributed by atoms with E-state index in [1.807, 2.05) is 12.1 Å². The fourth-order valence-electron chi connectivity index (χ4n) is 2.91. The van der Waals surface area contributed by atoms with Gasteiger partial charge in [-0.15, -0.1) is 0 Å². The van der Waals surface area contributed by atoms with Gasteiger partial charge in [0.05, 0.1) is 0 Å². The number of benzene rings is 1. The predicted octanol–water partition coefficient (Wildman–Crippen LogP) is 3.66. The quantitative estimate of drug-likeness (QED) is 0.667. The van der Waals surface area contributed by atoms with Crippen molar-refractivity contribution in [2.45, 2.75) is 37.5 Å². The molecule has 0 aromatic heterocycles. The van der Waals surface area contributed by atoms with Crippen molar-refractivity contribution in [3.05, 3.63) is 35.6 Å². The first-order chi connectivity index (χ1) is 6.81. The SMILES string of the molecule is Fc1ccc(C2(C3CC3)CCC2)cc1. The van der Waals surface area contributed by atoms with E-state index in [4.69, 9.17) is 0 Å². The minimum absolute atomic E-state index is 0.112. The maximum absolute atomic E-state index is 12.8. The normalized spacial score (nSPS) is 24.4. The van der Waals surface area contributed by atoms with Gasteiger partial charge in [0.2, 0.25) is 0 Å². The van der Waals surface area contributed by atoms with E-state index < -0.39 is 0 Å². The van der Waals surface area contributed by atoms with Gasteiger partial charge in [0.1, 0.15) is 5.82 Å². The molecule has 2 fully saturated rings. The van der Waals surface area contributed by atoms with Crippen molar-refractivity contribution < 1.29 is 4.39 Å². The molecule has 74 valence electrons. The summed E-state index contributed by atoms with van der Waals surface area (Å²) in [5, 5.41) is 0. The average molecular weight is 190 g/mol. The minimum atomic E-state index is -0.112. The molecule has 2 aliphatic carbocycles. The van der Waals surface area contributed by atoms with E-state index in [1.165, 1.54) is 37.7 Å². The van der Waals surface area contributed by atoms with E-state index in [2.05, 4.69) is 0 Å². The Labute approximate surface area is 84.1 Å². The van der Waals surface area contributed by atoms with Crippen LogP contribution >= 0.6 is 0 Å². The van der Waals surface area contributed by atoms with E-state index in [1.54, 1.807) is 12.1 Å². The molecule has 0 amide bonds. The Hall–Kier alpha value is -0.850. The molecule has 2 aliphatic rings. The summed E-state index contributed by atoms with van der Waals surface area (Å²) in [7, 11) is 0. The molecule has 1 aromatic rings. The third-order valence-electron chi connectivity index (χ3n) is 4.02. The molecule has 2 saturated carbocycles. The Balaban J connectivity index is 1.95. The third kappa shape index (κ3) is 1.11. The van der Waals surface area contributed by atoms with Crippen LogP contribution in [-0.2, 0) is 5.41 Å². The molecule has 0 atom stereocenters. The van der Waals surface area contributed by atoms with Crippen LogP contribution in [0.2, 0.25) is 0 Å². The first kappa shape index (κ1) is 8.46. The highest BCUT2D eigenvalue weighted by atomic mass is 19.1. The molecular weight excluding hydrogens is 175 g/mol.